The van der Waals surface area contributed by atoms with Gasteiger partial charge in [-0.15, -0.1) is 0 Å². The number of hydrogen-bond acceptors (Lipinski definition) is 6. The number of carbonyl (C=O) groups is 3. The molecule has 22 heavy (non-hydrogen) atoms. The summed E-state index contributed by atoms with van der Waals surface area (Å²) in [6, 6.07) is 6.40. The Hall–Kier alpha value is -2.41. The molecule has 0 spiro atoms. The third-order valence-electron chi connectivity index (χ3n) is 3.62. The number of hydrogen-bond donors (Lipinski definition) is 0. The lowest BCUT2D eigenvalue weighted by molar-refractivity contribution is -0.153. The smallest absolute Gasteiger partial charge is 0.324 e. The van der Waals surface area contributed by atoms with Gasteiger partial charge in [0.1, 0.15) is 11.8 Å². The van der Waals surface area contributed by atoms with Crippen LogP contribution in [0.25, 0.3) is 0 Å². The minimum atomic E-state index is -0.458. The minimum absolute atomic E-state index is 0.0455. The van der Waals surface area contributed by atoms with Crippen molar-refractivity contribution in [1.29, 1.82) is 0 Å². The molecule has 1 fully saturated rings. The van der Waals surface area contributed by atoms with E-state index in [-0.39, 0.29) is 25.0 Å². The van der Waals surface area contributed by atoms with Crippen LogP contribution in [0.15, 0.2) is 24.3 Å². The van der Waals surface area contributed by atoms with Gasteiger partial charge in [-0.1, -0.05) is 12.1 Å². The molecular formula is C15H18N2O5. The number of rotatable bonds is 5. The first-order chi connectivity index (χ1) is 10.5. The molecule has 1 atom stereocenters. The van der Waals surface area contributed by atoms with E-state index in [2.05, 4.69) is 0 Å². The third-order valence-corrected chi connectivity index (χ3v) is 3.62. The fourth-order valence-corrected chi connectivity index (χ4v) is 2.37. The molecule has 7 nitrogen and oxygen atoms in total. The number of nitrogens with zero attached hydrogens (tertiary/aromatic N) is 2. The molecule has 0 aliphatic carbocycles. The van der Waals surface area contributed by atoms with Crippen molar-refractivity contribution in [3.8, 4) is 5.75 Å². The molecule has 1 aromatic carbocycles. The average molecular weight is 306 g/mol. The number of amides is 1. The number of methoxy groups -OCH3 is 1. The zero-order valence-electron chi connectivity index (χ0n) is 12.5. The summed E-state index contributed by atoms with van der Waals surface area (Å²) in [6.45, 7) is 1.21. The van der Waals surface area contributed by atoms with E-state index < -0.39 is 6.04 Å². The van der Waals surface area contributed by atoms with Gasteiger partial charge in [-0.05, 0) is 24.7 Å². The molecule has 0 saturated carbocycles. The predicted octanol–water partition coefficient (Wildman–Crippen LogP) is 0.0374. The number of esters is 1. The largest absolute Gasteiger partial charge is 0.468 e. The highest BCUT2D eigenvalue weighted by Gasteiger charge is 2.34. The van der Waals surface area contributed by atoms with Crippen LogP contribution in [0.5, 0.6) is 5.75 Å². The number of piperazine rings is 1. The molecular weight excluding hydrogens is 288 g/mol. The van der Waals surface area contributed by atoms with Gasteiger partial charge in [0.05, 0.1) is 13.7 Å². The van der Waals surface area contributed by atoms with Crippen molar-refractivity contribution in [2.75, 3.05) is 27.2 Å². The number of likely N-dealkylation sites (N-methyl/N-ethyl adjacent to an activating group) is 1. The second kappa shape index (κ2) is 7.04. The monoisotopic (exact) mass is 306 g/mol. The van der Waals surface area contributed by atoms with Crippen LogP contribution in [-0.4, -0.2) is 61.4 Å². The highest BCUT2D eigenvalue weighted by molar-refractivity contribution is 5.84. The Bertz CT molecular complexity index is 558. The van der Waals surface area contributed by atoms with Gasteiger partial charge in [-0.25, -0.2) is 0 Å². The first-order valence-electron chi connectivity index (χ1n) is 6.80. The van der Waals surface area contributed by atoms with Crippen molar-refractivity contribution in [2.45, 2.75) is 12.6 Å². The van der Waals surface area contributed by atoms with E-state index >= 15 is 0 Å². The average Bonchev–Trinajstić information content (AvgIpc) is 2.51. The summed E-state index contributed by atoms with van der Waals surface area (Å²) in [5.74, 6) is 0.0430. The lowest BCUT2D eigenvalue weighted by Gasteiger charge is -2.37. The summed E-state index contributed by atoms with van der Waals surface area (Å²) in [6.07, 6.45) is 0. The van der Waals surface area contributed by atoms with Gasteiger partial charge in [-0.3, -0.25) is 19.3 Å². The molecule has 1 amide bonds. The van der Waals surface area contributed by atoms with Crippen LogP contribution in [0, 0.1) is 0 Å². The van der Waals surface area contributed by atoms with Gasteiger partial charge in [0, 0.05) is 13.1 Å². The standard InChI is InChI=1S/C15H18N2O5/c1-16-9-14(19)17(8-13(16)15(20)21-2)7-11-3-5-12(6-4-11)22-10-18/h3-6,10,13H,7-9H2,1-2H3/t13-/m1/s1. The molecule has 1 aliphatic rings. The molecule has 2 rings (SSSR count). The van der Waals surface area contributed by atoms with Crippen LogP contribution in [0.1, 0.15) is 5.56 Å². The van der Waals surface area contributed by atoms with E-state index in [1.807, 2.05) is 0 Å². The van der Waals surface area contributed by atoms with Crippen LogP contribution in [0.4, 0.5) is 0 Å². The zero-order chi connectivity index (χ0) is 16.1. The van der Waals surface area contributed by atoms with Crippen molar-refractivity contribution >= 4 is 18.3 Å². The van der Waals surface area contributed by atoms with Gasteiger partial charge in [0.25, 0.3) is 6.47 Å². The molecule has 0 N–H and O–H groups in total. The van der Waals surface area contributed by atoms with Gasteiger partial charge in [-0.2, -0.15) is 0 Å². The molecule has 118 valence electrons. The summed E-state index contributed by atoms with van der Waals surface area (Å²) in [5.41, 5.74) is 0.889. The van der Waals surface area contributed by atoms with E-state index in [4.69, 9.17) is 9.47 Å². The Morgan fingerprint density at radius 3 is 2.64 bits per heavy atom. The molecule has 1 aromatic rings. The van der Waals surface area contributed by atoms with Crippen LogP contribution in [-0.2, 0) is 25.7 Å². The van der Waals surface area contributed by atoms with E-state index in [0.29, 0.717) is 18.8 Å². The quantitative estimate of drug-likeness (QED) is 0.564. The fourth-order valence-electron chi connectivity index (χ4n) is 2.37. The van der Waals surface area contributed by atoms with E-state index in [1.54, 1.807) is 41.1 Å². The number of ether oxygens (including phenoxy) is 2. The maximum absolute atomic E-state index is 12.1. The predicted molar refractivity (Wildman–Crippen MR) is 77.0 cm³/mol. The van der Waals surface area contributed by atoms with Gasteiger partial charge < -0.3 is 14.4 Å². The van der Waals surface area contributed by atoms with Crippen molar-refractivity contribution in [2.24, 2.45) is 0 Å². The van der Waals surface area contributed by atoms with Gasteiger partial charge >= 0.3 is 5.97 Å². The van der Waals surface area contributed by atoms with Crippen LogP contribution in [0.2, 0.25) is 0 Å². The van der Waals surface area contributed by atoms with Crippen molar-refractivity contribution in [3.63, 3.8) is 0 Å². The SMILES string of the molecule is COC(=O)[C@H]1CN(Cc2ccc(OC=O)cc2)C(=O)CN1C. The highest BCUT2D eigenvalue weighted by atomic mass is 16.5. The maximum atomic E-state index is 12.1. The normalized spacial score (nSPS) is 18.9. The Kier molecular flexibility index (Phi) is 5.11. The van der Waals surface area contributed by atoms with E-state index in [0.717, 1.165) is 5.56 Å². The second-order valence-electron chi connectivity index (χ2n) is 5.09. The van der Waals surface area contributed by atoms with Crippen LogP contribution < -0.4 is 4.74 Å². The number of carbonyl (C=O) groups excluding carboxylic acids is 3. The first kappa shape index (κ1) is 16.0. The van der Waals surface area contributed by atoms with Gasteiger partial charge in [0.15, 0.2) is 0 Å². The molecule has 0 bridgehead atoms. The molecule has 1 aliphatic heterocycles. The third kappa shape index (κ3) is 3.62. The van der Waals surface area contributed by atoms with Crippen molar-refractivity contribution in [1.82, 2.24) is 9.80 Å². The fraction of sp³-hybridized carbons (Fsp3) is 0.400. The zero-order valence-corrected chi connectivity index (χ0v) is 12.5. The van der Waals surface area contributed by atoms with E-state index in [9.17, 15) is 14.4 Å². The second-order valence-corrected chi connectivity index (χ2v) is 5.09. The Balaban J connectivity index is 2.05. The lowest BCUT2D eigenvalue weighted by Crippen LogP contribution is -2.57. The summed E-state index contributed by atoms with van der Waals surface area (Å²) in [4.78, 5) is 37.4. The maximum Gasteiger partial charge on any atom is 0.324 e. The number of benzene rings is 1. The first-order valence-corrected chi connectivity index (χ1v) is 6.80. The highest BCUT2D eigenvalue weighted by Crippen LogP contribution is 2.16. The molecule has 0 aromatic heterocycles. The summed E-state index contributed by atoms with van der Waals surface area (Å²) < 4.78 is 9.49. The molecule has 7 heteroatoms. The topological polar surface area (TPSA) is 76.1 Å². The van der Waals surface area contributed by atoms with Crippen LogP contribution >= 0.6 is 0 Å². The Morgan fingerprint density at radius 2 is 2.05 bits per heavy atom. The van der Waals surface area contributed by atoms with Crippen LogP contribution in [0.3, 0.4) is 0 Å². The summed E-state index contributed by atoms with van der Waals surface area (Å²) in [5, 5.41) is 0. The molecule has 0 unspecified atom stereocenters. The Morgan fingerprint density at radius 1 is 1.36 bits per heavy atom. The molecule has 1 heterocycles. The van der Waals surface area contributed by atoms with E-state index in [1.165, 1.54) is 7.11 Å². The van der Waals surface area contributed by atoms with Crippen molar-refractivity contribution < 1.29 is 23.9 Å². The Labute approximate surface area is 128 Å². The molecule has 0 radical (unpaired) electrons. The summed E-state index contributed by atoms with van der Waals surface area (Å²) in [7, 11) is 3.06. The molecule has 1 saturated heterocycles. The van der Waals surface area contributed by atoms with Gasteiger partial charge in [0.2, 0.25) is 5.91 Å². The lowest BCUT2D eigenvalue weighted by atomic mass is 10.1. The summed E-state index contributed by atoms with van der Waals surface area (Å²) >= 11 is 0. The minimum Gasteiger partial charge on any atom is -0.468 e. The van der Waals surface area contributed by atoms with Crippen molar-refractivity contribution in [3.05, 3.63) is 29.8 Å².